The number of aryl methyl sites for hydroxylation is 3. The molecular formula is C39H54. The van der Waals surface area contributed by atoms with Crippen molar-refractivity contribution in [3.05, 3.63) is 99.6 Å². The molecule has 39 heavy (non-hydrogen) atoms. The summed E-state index contributed by atoms with van der Waals surface area (Å²) in [5, 5.41) is 2.78. The molecule has 0 heterocycles. The molecule has 210 valence electrons. The minimum Gasteiger partial charge on any atom is -0.0958 e. The van der Waals surface area contributed by atoms with Crippen molar-refractivity contribution in [2.45, 2.75) is 119 Å². The lowest BCUT2D eigenvalue weighted by molar-refractivity contribution is 0.358. The topological polar surface area (TPSA) is 0 Å². The van der Waals surface area contributed by atoms with Gasteiger partial charge in [0.2, 0.25) is 0 Å². The van der Waals surface area contributed by atoms with Crippen LogP contribution >= 0.6 is 0 Å². The van der Waals surface area contributed by atoms with Crippen LogP contribution in [-0.2, 0) is 6.42 Å². The van der Waals surface area contributed by atoms with E-state index in [9.17, 15) is 0 Å². The number of benzene rings is 3. The lowest BCUT2D eigenvalue weighted by Gasteiger charge is -2.31. The predicted molar refractivity (Wildman–Crippen MR) is 176 cm³/mol. The highest BCUT2D eigenvalue weighted by atomic mass is 14.3. The highest BCUT2D eigenvalue weighted by Gasteiger charge is 2.25. The highest BCUT2D eigenvalue weighted by Crippen LogP contribution is 2.41. The number of rotatable bonds is 14. The Labute approximate surface area is 240 Å². The Morgan fingerprint density at radius 3 is 2.26 bits per heavy atom. The highest BCUT2D eigenvalue weighted by molar-refractivity contribution is 5.86. The molecule has 0 spiro atoms. The Morgan fingerprint density at radius 2 is 1.59 bits per heavy atom. The zero-order chi connectivity index (χ0) is 28.5. The van der Waals surface area contributed by atoms with E-state index in [2.05, 4.69) is 110 Å². The Bertz CT molecular complexity index is 1280. The van der Waals surface area contributed by atoms with Crippen LogP contribution in [-0.4, -0.2) is 0 Å². The van der Waals surface area contributed by atoms with E-state index in [1.807, 2.05) is 0 Å². The standard InChI is InChI=1S/C39H54/c1-10-16-32(12-3)38(17-11-2)39-29(7)23-25-36(31(39)9)35(30(8)27(4)5)21-14-13-18-33-19-15-20-34-26-28(6)22-24-37(33)34/h15,19-20,22-26,32,38H,4,10-14,16-18,21H2,1-3,5-9H3/b35-30+. The summed E-state index contributed by atoms with van der Waals surface area (Å²) >= 11 is 0. The summed E-state index contributed by atoms with van der Waals surface area (Å²) in [5.41, 5.74) is 13.0. The quantitative estimate of drug-likeness (QED) is 0.146. The zero-order valence-corrected chi connectivity index (χ0v) is 26.3. The third-order valence-corrected chi connectivity index (χ3v) is 9.12. The fourth-order valence-corrected chi connectivity index (χ4v) is 6.84. The predicted octanol–water partition coefficient (Wildman–Crippen LogP) is 12.2. The number of hydrogen-bond acceptors (Lipinski definition) is 0. The van der Waals surface area contributed by atoms with E-state index >= 15 is 0 Å². The third-order valence-electron chi connectivity index (χ3n) is 9.12. The molecule has 0 aromatic heterocycles. The summed E-state index contributed by atoms with van der Waals surface area (Å²) in [6, 6.07) is 18.5. The molecule has 0 radical (unpaired) electrons. The van der Waals surface area contributed by atoms with Gasteiger partial charge in [0.1, 0.15) is 0 Å². The Balaban J connectivity index is 1.90. The molecule has 0 nitrogen and oxygen atoms in total. The first-order chi connectivity index (χ1) is 18.7. The van der Waals surface area contributed by atoms with Crippen LogP contribution < -0.4 is 0 Å². The summed E-state index contributed by atoms with van der Waals surface area (Å²) in [4.78, 5) is 0. The van der Waals surface area contributed by atoms with Crippen molar-refractivity contribution in [2.75, 3.05) is 0 Å². The van der Waals surface area contributed by atoms with Crippen molar-refractivity contribution < 1.29 is 0 Å². The van der Waals surface area contributed by atoms with Gasteiger partial charge in [-0.2, -0.15) is 0 Å². The van der Waals surface area contributed by atoms with Gasteiger partial charge in [0.05, 0.1) is 0 Å². The second-order valence-corrected chi connectivity index (χ2v) is 12.1. The molecule has 0 heteroatoms. The first-order valence-corrected chi connectivity index (χ1v) is 15.7. The molecule has 3 rings (SSSR count). The van der Waals surface area contributed by atoms with Crippen LogP contribution in [0, 0.1) is 26.7 Å². The number of fused-ring (bicyclic) bond motifs is 1. The number of hydrogen-bond donors (Lipinski definition) is 0. The summed E-state index contributed by atoms with van der Waals surface area (Å²) < 4.78 is 0. The lowest BCUT2D eigenvalue weighted by atomic mass is 9.74. The van der Waals surface area contributed by atoms with Crippen LogP contribution in [0.5, 0.6) is 0 Å². The van der Waals surface area contributed by atoms with E-state index in [-0.39, 0.29) is 0 Å². The summed E-state index contributed by atoms with van der Waals surface area (Å²) in [6.07, 6.45) is 11.0. The van der Waals surface area contributed by atoms with E-state index in [0.717, 1.165) is 18.8 Å². The van der Waals surface area contributed by atoms with Gasteiger partial charge < -0.3 is 0 Å². The fraction of sp³-hybridized carbons (Fsp3) is 0.487. The molecule has 3 aromatic carbocycles. The molecule has 0 aliphatic carbocycles. The average Bonchev–Trinajstić information content (AvgIpc) is 2.91. The molecule has 0 saturated heterocycles. The maximum Gasteiger partial charge on any atom is -0.0128 e. The van der Waals surface area contributed by atoms with Crippen LogP contribution in [0.1, 0.15) is 125 Å². The summed E-state index contributed by atoms with van der Waals surface area (Å²) in [6.45, 7) is 22.8. The van der Waals surface area contributed by atoms with Gasteiger partial charge in [0.25, 0.3) is 0 Å². The van der Waals surface area contributed by atoms with Crippen LogP contribution in [0.25, 0.3) is 16.3 Å². The second-order valence-electron chi connectivity index (χ2n) is 12.1. The molecule has 0 aliphatic rings. The lowest BCUT2D eigenvalue weighted by Crippen LogP contribution is -2.16. The minimum atomic E-state index is 0.654. The molecule has 0 N–H and O–H groups in total. The van der Waals surface area contributed by atoms with Crippen molar-refractivity contribution >= 4 is 16.3 Å². The molecular weight excluding hydrogens is 468 g/mol. The zero-order valence-electron chi connectivity index (χ0n) is 26.3. The second kappa shape index (κ2) is 14.7. The number of unbranched alkanes of at least 4 members (excludes halogenated alkanes) is 1. The first kappa shape index (κ1) is 30.9. The van der Waals surface area contributed by atoms with Crippen molar-refractivity contribution in [1.29, 1.82) is 0 Å². The fourth-order valence-electron chi connectivity index (χ4n) is 6.84. The van der Waals surface area contributed by atoms with Crippen molar-refractivity contribution in [2.24, 2.45) is 5.92 Å². The van der Waals surface area contributed by atoms with Crippen molar-refractivity contribution in [1.82, 2.24) is 0 Å². The average molecular weight is 523 g/mol. The van der Waals surface area contributed by atoms with Gasteiger partial charge in [-0.3, -0.25) is 0 Å². The SMILES string of the molecule is C=C(C)/C(C)=C(\CCCCc1cccc2cc(C)ccc12)c1ccc(C)c(C(CCC)C(CC)CCC)c1C. The largest absolute Gasteiger partial charge is 0.0958 e. The van der Waals surface area contributed by atoms with E-state index in [1.165, 1.54) is 100 Å². The minimum absolute atomic E-state index is 0.654. The van der Waals surface area contributed by atoms with Crippen LogP contribution in [0.15, 0.2) is 66.3 Å². The van der Waals surface area contributed by atoms with Gasteiger partial charge in [0.15, 0.2) is 0 Å². The van der Waals surface area contributed by atoms with Gasteiger partial charge in [-0.25, -0.2) is 0 Å². The smallest absolute Gasteiger partial charge is 0.0128 e. The Kier molecular flexibility index (Phi) is 11.7. The molecule has 0 bridgehead atoms. The molecule has 0 amide bonds. The maximum atomic E-state index is 4.36. The Hall–Kier alpha value is -2.60. The van der Waals surface area contributed by atoms with E-state index in [0.29, 0.717) is 5.92 Å². The van der Waals surface area contributed by atoms with E-state index in [1.54, 1.807) is 5.56 Å². The van der Waals surface area contributed by atoms with Gasteiger partial charge in [0, 0.05) is 0 Å². The van der Waals surface area contributed by atoms with Crippen molar-refractivity contribution in [3.8, 4) is 0 Å². The molecule has 2 atom stereocenters. The monoisotopic (exact) mass is 522 g/mol. The molecule has 0 saturated carbocycles. The number of allylic oxidation sites excluding steroid dienone is 3. The van der Waals surface area contributed by atoms with Gasteiger partial charge in [-0.05, 0) is 128 Å². The van der Waals surface area contributed by atoms with Gasteiger partial charge in [-0.15, -0.1) is 0 Å². The normalized spacial score (nSPS) is 13.8. The molecule has 2 unspecified atom stereocenters. The maximum absolute atomic E-state index is 4.36. The van der Waals surface area contributed by atoms with E-state index < -0.39 is 0 Å². The van der Waals surface area contributed by atoms with Gasteiger partial charge in [-0.1, -0.05) is 113 Å². The van der Waals surface area contributed by atoms with Gasteiger partial charge >= 0.3 is 0 Å². The molecule has 3 aromatic rings. The van der Waals surface area contributed by atoms with Crippen molar-refractivity contribution in [3.63, 3.8) is 0 Å². The summed E-state index contributed by atoms with van der Waals surface area (Å²) in [5.74, 6) is 1.42. The van der Waals surface area contributed by atoms with Crippen LogP contribution in [0.2, 0.25) is 0 Å². The molecule has 0 fully saturated rings. The van der Waals surface area contributed by atoms with Crippen LogP contribution in [0.3, 0.4) is 0 Å². The first-order valence-electron chi connectivity index (χ1n) is 15.7. The van der Waals surface area contributed by atoms with Crippen LogP contribution in [0.4, 0.5) is 0 Å². The van der Waals surface area contributed by atoms with E-state index in [4.69, 9.17) is 0 Å². The Morgan fingerprint density at radius 1 is 0.846 bits per heavy atom. The summed E-state index contributed by atoms with van der Waals surface area (Å²) in [7, 11) is 0. The molecule has 0 aliphatic heterocycles. The third kappa shape index (κ3) is 7.53.